The first-order chi connectivity index (χ1) is 9.08. The molecule has 0 unspecified atom stereocenters. The minimum absolute atomic E-state index is 0.145. The molecular weight excluding hydrogens is 262 g/mol. The average molecular weight is 276 g/mol. The lowest BCUT2D eigenvalue weighted by atomic mass is 10.1. The lowest BCUT2D eigenvalue weighted by molar-refractivity contribution is 0.0473. The largest absolute Gasteiger partial charge is 0.457 e. The summed E-state index contributed by atoms with van der Waals surface area (Å²) in [7, 11) is 0. The smallest absolute Gasteiger partial charge is 0.338 e. The minimum atomic E-state index is -0.411. The second-order valence-electron chi connectivity index (χ2n) is 4.24. The molecule has 0 saturated heterocycles. The Balaban J connectivity index is 2.05. The molecule has 2 aromatic carbocycles. The van der Waals surface area contributed by atoms with Crippen molar-refractivity contribution in [3.05, 3.63) is 64.2 Å². The minimum Gasteiger partial charge on any atom is -0.457 e. The number of esters is 1. The Morgan fingerprint density at radius 1 is 1.26 bits per heavy atom. The van der Waals surface area contributed by atoms with E-state index in [0.29, 0.717) is 16.3 Å². The Labute approximate surface area is 117 Å². The van der Waals surface area contributed by atoms with E-state index in [2.05, 4.69) is 0 Å². The molecule has 2 aromatic rings. The molecule has 19 heavy (non-hydrogen) atoms. The molecule has 0 saturated carbocycles. The van der Waals surface area contributed by atoms with E-state index in [4.69, 9.17) is 22.1 Å². The quantitative estimate of drug-likeness (QED) is 0.688. The molecular formula is C15H14ClNO2. The van der Waals surface area contributed by atoms with Crippen molar-refractivity contribution in [1.29, 1.82) is 0 Å². The summed E-state index contributed by atoms with van der Waals surface area (Å²) in [6.45, 7) is 2.03. The maximum atomic E-state index is 11.9. The van der Waals surface area contributed by atoms with Gasteiger partial charge in [-0.2, -0.15) is 0 Å². The van der Waals surface area contributed by atoms with Crippen molar-refractivity contribution in [2.24, 2.45) is 0 Å². The normalized spacial score (nSPS) is 10.2. The van der Waals surface area contributed by atoms with Gasteiger partial charge in [-0.05, 0) is 30.7 Å². The number of benzene rings is 2. The molecule has 0 fully saturated rings. The molecule has 0 radical (unpaired) electrons. The van der Waals surface area contributed by atoms with E-state index in [0.717, 1.165) is 11.1 Å². The van der Waals surface area contributed by atoms with Gasteiger partial charge in [-0.25, -0.2) is 4.79 Å². The third-order valence-corrected chi connectivity index (χ3v) is 3.20. The van der Waals surface area contributed by atoms with Crippen LogP contribution in [0.2, 0.25) is 5.02 Å². The first-order valence-electron chi connectivity index (χ1n) is 5.84. The highest BCUT2D eigenvalue weighted by Crippen LogP contribution is 2.18. The average Bonchev–Trinajstić information content (AvgIpc) is 2.40. The summed E-state index contributed by atoms with van der Waals surface area (Å²) in [5.41, 5.74) is 8.49. The van der Waals surface area contributed by atoms with Gasteiger partial charge in [0, 0.05) is 16.3 Å². The number of aryl methyl sites for hydroxylation is 1. The Hall–Kier alpha value is -2.00. The van der Waals surface area contributed by atoms with Crippen LogP contribution in [0.3, 0.4) is 0 Å². The number of carbonyl (C=O) groups is 1. The summed E-state index contributed by atoms with van der Waals surface area (Å²) in [4.78, 5) is 11.9. The molecule has 0 aliphatic carbocycles. The first-order valence-corrected chi connectivity index (χ1v) is 6.22. The van der Waals surface area contributed by atoms with Gasteiger partial charge in [-0.3, -0.25) is 0 Å². The zero-order valence-electron chi connectivity index (χ0n) is 10.5. The number of carbonyl (C=O) groups excluding carboxylic acids is 1. The molecule has 2 rings (SSSR count). The van der Waals surface area contributed by atoms with E-state index < -0.39 is 5.97 Å². The fraction of sp³-hybridized carbons (Fsp3) is 0.133. The van der Waals surface area contributed by atoms with Crippen LogP contribution in [0.1, 0.15) is 21.5 Å². The third kappa shape index (κ3) is 3.26. The summed E-state index contributed by atoms with van der Waals surface area (Å²) >= 11 is 5.99. The summed E-state index contributed by atoms with van der Waals surface area (Å²) in [6, 6.07) is 12.4. The second kappa shape index (κ2) is 5.76. The van der Waals surface area contributed by atoms with E-state index in [1.54, 1.807) is 24.3 Å². The van der Waals surface area contributed by atoms with Crippen LogP contribution in [0.5, 0.6) is 0 Å². The molecule has 0 atom stereocenters. The molecule has 4 heteroatoms. The predicted molar refractivity (Wildman–Crippen MR) is 76.2 cm³/mol. The highest BCUT2D eigenvalue weighted by Gasteiger charge is 2.09. The number of nitrogens with two attached hydrogens (primary N) is 1. The van der Waals surface area contributed by atoms with Gasteiger partial charge in [0.25, 0.3) is 0 Å². The van der Waals surface area contributed by atoms with Gasteiger partial charge in [0.1, 0.15) is 6.61 Å². The molecule has 0 bridgehead atoms. The summed E-state index contributed by atoms with van der Waals surface area (Å²) in [5.74, 6) is -0.411. The van der Waals surface area contributed by atoms with Crippen LogP contribution in [0.25, 0.3) is 0 Å². The molecule has 3 nitrogen and oxygen atoms in total. The monoisotopic (exact) mass is 275 g/mol. The molecule has 0 amide bonds. The SMILES string of the molecule is Cc1ccc(C(=O)OCc2ccccc2Cl)cc1N. The number of nitrogen functional groups attached to an aromatic ring is 1. The molecule has 2 N–H and O–H groups in total. The van der Waals surface area contributed by atoms with Crippen molar-refractivity contribution < 1.29 is 9.53 Å². The number of ether oxygens (including phenoxy) is 1. The van der Waals surface area contributed by atoms with Crippen molar-refractivity contribution in [2.45, 2.75) is 13.5 Å². The molecule has 0 aliphatic heterocycles. The van der Waals surface area contributed by atoms with Crippen molar-refractivity contribution in [1.82, 2.24) is 0 Å². The van der Waals surface area contributed by atoms with Gasteiger partial charge in [0.2, 0.25) is 0 Å². The van der Waals surface area contributed by atoms with E-state index in [1.165, 1.54) is 0 Å². The predicted octanol–water partition coefficient (Wildman–Crippen LogP) is 3.59. The number of anilines is 1. The van der Waals surface area contributed by atoms with Crippen molar-refractivity contribution in [3.63, 3.8) is 0 Å². The zero-order valence-corrected chi connectivity index (χ0v) is 11.3. The Morgan fingerprint density at radius 2 is 2.00 bits per heavy atom. The number of hydrogen-bond donors (Lipinski definition) is 1. The Morgan fingerprint density at radius 3 is 2.68 bits per heavy atom. The topological polar surface area (TPSA) is 52.3 Å². The maximum absolute atomic E-state index is 11.9. The van der Waals surface area contributed by atoms with Gasteiger partial charge in [-0.15, -0.1) is 0 Å². The molecule has 0 heterocycles. The Bertz CT molecular complexity index is 611. The van der Waals surface area contributed by atoms with Crippen molar-refractivity contribution in [2.75, 3.05) is 5.73 Å². The van der Waals surface area contributed by atoms with Crippen LogP contribution < -0.4 is 5.73 Å². The lowest BCUT2D eigenvalue weighted by Crippen LogP contribution is -2.06. The van der Waals surface area contributed by atoms with Gasteiger partial charge in [0.05, 0.1) is 5.56 Å². The van der Waals surface area contributed by atoms with Gasteiger partial charge >= 0.3 is 5.97 Å². The van der Waals surface area contributed by atoms with Crippen LogP contribution in [0, 0.1) is 6.92 Å². The summed E-state index contributed by atoms with van der Waals surface area (Å²) in [5, 5.41) is 0.582. The third-order valence-electron chi connectivity index (χ3n) is 2.83. The van der Waals surface area contributed by atoms with Crippen molar-refractivity contribution >= 4 is 23.3 Å². The van der Waals surface area contributed by atoms with E-state index in [1.807, 2.05) is 25.1 Å². The molecule has 0 aromatic heterocycles. The molecule has 98 valence electrons. The van der Waals surface area contributed by atoms with E-state index in [-0.39, 0.29) is 6.61 Å². The highest BCUT2D eigenvalue weighted by atomic mass is 35.5. The summed E-state index contributed by atoms with van der Waals surface area (Å²) < 4.78 is 5.21. The zero-order chi connectivity index (χ0) is 13.8. The molecule has 0 spiro atoms. The maximum Gasteiger partial charge on any atom is 0.338 e. The Kier molecular flexibility index (Phi) is 4.07. The van der Waals surface area contributed by atoms with E-state index >= 15 is 0 Å². The van der Waals surface area contributed by atoms with Crippen LogP contribution in [-0.4, -0.2) is 5.97 Å². The summed E-state index contributed by atoms with van der Waals surface area (Å²) in [6.07, 6.45) is 0. The molecule has 0 aliphatic rings. The van der Waals surface area contributed by atoms with Crippen LogP contribution >= 0.6 is 11.6 Å². The number of halogens is 1. The number of hydrogen-bond acceptors (Lipinski definition) is 3. The fourth-order valence-electron chi connectivity index (χ4n) is 1.61. The van der Waals surface area contributed by atoms with E-state index in [9.17, 15) is 4.79 Å². The van der Waals surface area contributed by atoms with Crippen molar-refractivity contribution in [3.8, 4) is 0 Å². The lowest BCUT2D eigenvalue weighted by Gasteiger charge is -2.07. The number of rotatable bonds is 3. The van der Waals surface area contributed by atoms with Crippen LogP contribution in [-0.2, 0) is 11.3 Å². The standard InChI is InChI=1S/C15H14ClNO2/c1-10-6-7-11(8-14(10)17)15(18)19-9-12-4-2-3-5-13(12)16/h2-8H,9,17H2,1H3. The second-order valence-corrected chi connectivity index (χ2v) is 4.65. The highest BCUT2D eigenvalue weighted by molar-refractivity contribution is 6.31. The van der Waals surface area contributed by atoms with Crippen LogP contribution in [0.4, 0.5) is 5.69 Å². The van der Waals surface area contributed by atoms with Gasteiger partial charge in [0.15, 0.2) is 0 Å². The van der Waals surface area contributed by atoms with Gasteiger partial charge in [-0.1, -0.05) is 35.9 Å². The van der Waals surface area contributed by atoms with Crippen LogP contribution in [0.15, 0.2) is 42.5 Å². The van der Waals surface area contributed by atoms with Gasteiger partial charge < -0.3 is 10.5 Å². The fourth-order valence-corrected chi connectivity index (χ4v) is 1.80. The first kappa shape index (κ1) is 13.4.